The van der Waals surface area contributed by atoms with Gasteiger partial charge in [0, 0.05) is 45.2 Å². The van der Waals surface area contributed by atoms with Crippen LogP contribution in [0.25, 0.3) is 0 Å². The summed E-state index contributed by atoms with van der Waals surface area (Å²) in [6.45, 7) is 7.23. The molecule has 0 bridgehead atoms. The van der Waals surface area contributed by atoms with Gasteiger partial charge in [0.25, 0.3) is 5.91 Å². The van der Waals surface area contributed by atoms with Gasteiger partial charge in [0.05, 0.1) is 0 Å². The molecule has 1 fully saturated rings. The van der Waals surface area contributed by atoms with E-state index in [0.717, 1.165) is 18.7 Å². The second kappa shape index (κ2) is 9.36. The molecule has 0 saturated carbocycles. The predicted octanol–water partition coefficient (Wildman–Crippen LogP) is 1.84. The van der Waals surface area contributed by atoms with E-state index in [4.69, 9.17) is 9.26 Å². The van der Waals surface area contributed by atoms with Crippen LogP contribution >= 0.6 is 0 Å². The summed E-state index contributed by atoms with van der Waals surface area (Å²) in [4.78, 5) is 28.3. The number of amides is 2. The van der Waals surface area contributed by atoms with E-state index < -0.39 is 0 Å². The van der Waals surface area contributed by atoms with Crippen molar-refractivity contribution in [2.45, 2.75) is 20.3 Å². The number of carbonyl (C=O) groups is 2. The monoisotopic (exact) mass is 386 g/mol. The van der Waals surface area contributed by atoms with E-state index in [2.05, 4.69) is 15.4 Å². The van der Waals surface area contributed by atoms with Crippen molar-refractivity contribution in [3.05, 3.63) is 41.7 Å². The van der Waals surface area contributed by atoms with Crippen LogP contribution in [0.5, 0.6) is 5.75 Å². The third kappa shape index (κ3) is 5.82. The SMILES string of the molecule is Cc1ccc(OCC(=O)N2CCN(CCC(=O)Nc3cc(C)on3)CC2)cc1. The van der Waals surface area contributed by atoms with Gasteiger partial charge in [-0.05, 0) is 26.0 Å². The lowest BCUT2D eigenvalue weighted by Crippen LogP contribution is -2.50. The minimum Gasteiger partial charge on any atom is -0.484 e. The maximum atomic E-state index is 12.3. The minimum atomic E-state index is -0.0988. The first-order valence-corrected chi connectivity index (χ1v) is 9.42. The fourth-order valence-corrected chi connectivity index (χ4v) is 2.98. The summed E-state index contributed by atoms with van der Waals surface area (Å²) in [5.41, 5.74) is 1.15. The van der Waals surface area contributed by atoms with E-state index in [1.165, 1.54) is 0 Å². The topological polar surface area (TPSA) is 87.9 Å². The molecule has 1 aromatic heterocycles. The Balaban J connectivity index is 1.33. The Kier molecular flexibility index (Phi) is 6.65. The first-order chi connectivity index (χ1) is 13.5. The molecule has 1 aliphatic rings. The molecule has 0 unspecified atom stereocenters. The summed E-state index contributed by atoms with van der Waals surface area (Å²) >= 11 is 0. The van der Waals surface area contributed by atoms with Crippen molar-refractivity contribution in [3.8, 4) is 5.75 Å². The molecule has 1 N–H and O–H groups in total. The van der Waals surface area contributed by atoms with Gasteiger partial charge in [0.15, 0.2) is 12.4 Å². The van der Waals surface area contributed by atoms with Crippen molar-refractivity contribution in [3.63, 3.8) is 0 Å². The number of benzene rings is 1. The van der Waals surface area contributed by atoms with Gasteiger partial charge >= 0.3 is 0 Å². The lowest BCUT2D eigenvalue weighted by Gasteiger charge is -2.34. The van der Waals surface area contributed by atoms with Crippen LogP contribution in [0.3, 0.4) is 0 Å². The number of hydrogen-bond donors (Lipinski definition) is 1. The molecule has 1 aromatic carbocycles. The molecule has 2 aromatic rings. The highest BCUT2D eigenvalue weighted by atomic mass is 16.5. The Hall–Kier alpha value is -2.87. The summed E-state index contributed by atoms with van der Waals surface area (Å²) in [6.07, 6.45) is 0.371. The number of aromatic nitrogens is 1. The molecule has 150 valence electrons. The van der Waals surface area contributed by atoms with Crippen LogP contribution < -0.4 is 10.1 Å². The lowest BCUT2D eigenvalue weighted by molar-refractivity contribution is -0.135. The third-order valence-electron chi connectivity index (χ3n) is 4.66. The number of nitrogens with one attached hydrogen (secondary N) is 1. The number of hydrogen-bond acceptors (Lipinski definition) is 6. The van der Waals surface area contributed by atoms with E-state index in [1.807, 2.05) is 36.1 Å². The number of carbonyl (C=O) groups excluding carboxylic acids is 2. The number of aryl methyl sites for hydroxylation is 2. The van der Waals surface area contributed by atoms with Crippen molar-refractivity contribution < 1.29 is 18.8 Å². The van der Waals surface area contributed by atoms with Crippen LogP contribution in [-0.2, 0) is 9.59 Å². The summed E-state index contributed by atoms with van der Waals surface area (Å²) in [7, 11) is 0. The van der Waals surface area contributed by atoms with Crippen molar-refractivity contribution in [1.29, 1.82) is 0 Å². The van der Waals surface area contributed by atoms with Crippen molar-refractivity contribution in [2.24, 2.45) is 0 Å². The van der Waals surface area contributed by atoms with Gasteiger partial charge in [0.1, 0.15) is 11.5 Å². The van der Waals surface area contributed by atoms with Crippen LogP contribution in [0.2, 0.25) is 0 Å². The van der Waals surface area contributed by atoms with Gasteiger partial charge in [-0.1, -0.05) is 22.9 Å². The molecule has 2 amide bonds. The average molecular weight is 386 g/mol. The van der Waals surface area contributed by atoms with E-state index in [9.17, 15) is 9.59 Å². The summed E-state index contributed by atoms with van der Waals surface area (Å²) in [5.74, 6) is 1.68. The highest BCUT2D eigenvalue weighted by molar-refractivity contribution is 5.89. The molecule has 0 atom stereocenters. The average Bonchev–Trinajstić information content (AvgIpc) is 3.10. The molecule has 0 aliphatic carbocycles. The van der Waals surface area contributed by atoms with Crippen LogP contribution in [0.4, 0.5) is 5.82 Å². The smallest absolute Gasteiger partial charge is 0.260 e. The van der Waals surface area contributed by atoms with Gasteiger partial charge in [0.2, 0.25) is 5.91 Å². The summed E-state index contributed by atoms with van der Waals surface area (Å²) < 4.78 is 10.5. The van der Waals surface area contributed by atoms with Gasteiger partial charge in [-0.2, -0.15) is 0 Å². The number of anilines is 1. The van der Waals surface area contributed by atoms with Crippen LogP contribution in [-0.4, -0.2) is 66.1 Å². The van der Waals surface area contributed by atoms with Crippen LogP contribution in [0.1, 0.15) is 17.7 Å². The molecule has 0 radical (unpaired) electrons. The van der Waals surface area contributed by atoms with Gasteiger partial charge < -0.3 is 19.5 Å². The Labute approximate surface area is 164 Å². The Morgan fingerprint density at radius 3 is 2.50 bits per heavy atom. The zero-order chi connectivity index (χ0) is 19.9. The molecule has 8 heteroatoms. The zero-order valence-corrected chi connectivity index (χ0v) is 16.3. The molecule has 3 rings (SSSR count). The summed E-state index contributed by atoms with van der Waals surface area (Å²) in [5, 5.41) is 6.46. The Morgan fingerprint density at radius 2 is 1.86 bits per heavy atom. The molecular weight excluding hydrogens is 360 g/mol. The largest absolute Gasteiger partial charge is 0.484 e. The maximum Gasteiger partial charge on any atom is 0.260 e. The first kappa shape index (κ1) is 19.9. The van der Waals surface area contributed by atoms with Crippen LogP contribution in [0.15, 0.2) is 34.9 Å². The lowest BCUT2D eigenvalue weighted by atomic mass is 10.2. The van der Waals surface area contributed by atoms with Gasteiger partial charge in [-0.15, -0.1) is 0 Å². The quantitative estimate of drug-likeness (QED) is 0.781. The Bertz CT molecular complexity index is 795. The summed E-state index contributed by atoms with van der Waals surface area (Å²) in [6, 6.07) is 9.33. The third-order valence-corrected chi connectivity index (χ3v) is 4.66. The minimum absolute atomic E-state index is 0.0145. The molecule has 28 heavy (non-hydrogen) atoms. The second-order valence-electron chi connectivity index (χ2n) is 6.95. The van der Waals surface area contributed by atoms with E-state index in [0.29, 0.717) is 43.4 Å². The molecule has 0 spiro atoms. The highest BCUT2D eigenvalue weighted by Gasteiger charge is 2.21. The van der Waals surface area contributed by atoms with Crippen molar-refractivity contribution >= 4 is 17.6 Å². The number of rotatable bonds is 7. The molecular formula is C20H26N4O4. The zero-order valence-electron chi connectivity index (χ0n) is 16.3. The van der Waals surface area contributed by atoms with E-state index in [1.54, 1.807) is 13.0 Å². The van der Waals surface area contributed by atoms with E-state index in [-0.39, 0.29) is 18.4 Å². The van der Waals surface area contributed by atoms with Crippen LogP contribution in [0, 0.1) is 13.8 Å². The number of ether oxygens (including phenoxy) is 1. The standard InChI is InChI=1S/C20H26N4O4/c1-15-3-5-17(6-4-15)27-14-20(26)24-11-9-23(10-12-24)8-7-19(25)21-18-13-16(2)28-22-18/h3-6,13H,7-12,14H2,1-2H3,(H,21,22,25). The predicted molar refractivity (Wildman–Crippen MR) is 104 cm³/mol. The fourth-order valence-electron chi connectivity index (χ4n) is 2.98. The molecule has 2 heterocycles. The Morgan fingerprint density at radius 1 is 1.14 bits per heavy atom. The first-order valence-electron chi connectivity index (χ1n) is 9.42. The normalized spacial score (nSPS) is 14.7. The molecule has 1 aliphatic heterocycles. The fraction of sp³-hybridized carbons (Fsp3) is 0.450. The molecule has 1 saturated heterocycles. The second-order valence-corrected chi connectivity index (χ2v) is 6.95. The van der Waals surface area contributed by atoms with Gasteiger partial charge in [-0.25, -0.2) is 0 Å². The number of piperazine rings is 1. The van der Waals surface area contributed by atoms with Crippen molar-refractivity contribution in [2.75, 3.05) is 44.6 Å². The molecule has 8 nitrogen and oxygen atoms in total. The van der Waals surface area contributed by atoms with Gasteiger partial charge in [-0.3, -0.25) is 14.5 Å². The van der Waals surface area contributed by atoms with Crippen molar-refractivity contribution in [1.82, 2.24) is 15.0 Å². The van der Waals surface area contributed by atoms with E-state index >= 15 is 0 Å². The number of nitrogens with zero attached hydrogens (tertiary/aromatic N) is 3. The maximum absolute atomic E-state index is 12.3. The highest BCUT2D eigenvalue weighted by Crippen LogP contribution is 2.12.